The van der Waals surface area contributed by atoms with Crippen molar-refractivity contribution >= 4 is 37.2 Å². The zero-order chi connectivity index (χ0) is 21.6. The van der Waals surface area contributed by atoms with Crippen molar-refractivity contribution in [3.8, 4) is 11.8 Å². The zero-order valence-electron chi connectivity index (χ0n) is 16.6. The van der Waals surface area contributed by atoms with Gasteiger partial charge in [0, 0.05) is 42.5 Å². The number of anilines is 1. The fraction of sp³-hybridized carbons (Fsp3) is 0.273. The molecule has 0 saturated carbocycles. The number of carbonyl (C=O) groups is 2. The van der Waals surface area contributed by atoms with Crippen LogP contribution in [0.1, 0.15) is 29.5 Å². The Balaban J connectivity index is 1.67. The van der Waals surface area contributed by atoms with Crippen LogP contribution in [-0.4, -0.2) is 38.8 Å². The third kappa shape index (κ3) is 6.12. The van der Waals surface area contributed by atoms with E-state index in [1.807, 2.05) is 48.5 Å². The second kappa shape index (κ2) is 9.83. The summed E-state index contributed by atoms with van der Waals surface area (Å²) in [6.07, 6.45) is 1.21. The summed E-state index contributed by atoms with van der Waals surface area (Å²) in [6, 6.07) is 15.2. The number of nitrogens with one attached hydrogen (secondary N) is 1. The number of hydrogen-bond acceptors (Lipinski definition) is 5. The zero-order valence-corrected chi connectivity index (χ0v) is 18.2. The Hall–Kier alpha value is -2.76. The molecule has 1 aliphatic rings. The van der Waals surface area contributed by atoms with Gasteiger partial charge in [0.1, 0.15) is 0 Å². The van der Waals surface area contributed by atoms with Crippen LogP contribution in [0.4, 0.5) is 5.69 Å². The fourth-order valence-corrected chi connectivity index (χ4v) is 4.68. The molecule has 3 rings (SSSR count). The van der Waals surface area contributed by atoms with Gasteiger partial charge in [-0.05, 0) is 34.6 Å². The van der Waals surface area contributed by atoms with E-state index in [4.69, 9.17) is 0 Å². The second-order valence-corrected chi connectivity index (χ2v) is 11.4. The third-order valence-electron chi connectivity index (χ3n) is 4.46. The Morgan fingerprint density at radius 2 is 1.70 bits per heavy atom. The van der Waals surface area contributed by atoms with Crippen molar-refractivity contribution < 1.29 is 18.0 Å². The molecule has 0 unspecified atom stereocenters. The summed E-state index contributed by atoms with van der Waals surface area (Å²) >= 11 is 0. The highest BCUT2D eigenvalue weighted by Gasteiger charge is 2.21. The van der Waals surface area contributed by atoms with E-state index in [-0.39, 0.29) is 37.0 Å². The molecule has 1 aliphatic heterocycles. The van der Waals surface area contributed by atoms with Gasteiger partial charge in [-0.2, -0.15) is 0 Å². The molecule has 30 heavy (non-hydrogen) atoms. The van der Waals surface area contributed by atoms with Gasteiger partial charge >= 0.3 is 0 Å². The third-order valence-corrected chi connectivity index (χ3v) is 7.04. The molecule has 1 heterocycles. The molecule has 2 aromatic carbocycles. The summed E-state index contributed by atoms with van der Waals surface area (Å²) < 4.78 is 22.2. The average molecular weight is 443 g/mol. The van der Waals surface area contributed by atoms with Crippen LogP contribution in [0, 0.1) is 11.8 Å². The number of amides is 2. The monoisotopic (exact) mass is 442 g/mol. The lowest BCUT2D eigenvalue weighted by Gasteiger charge is -2.26. The molecule has 0 spiro atoms. The number of carbonyl (C=O) groups excluding carboxylic acids is 2. The number of benzene rings is 2. The molecular weight excluding hydrogens is 420 g/mol. The normalized spacial score (nSPS) is 12.5. The first-order valence-electron chi connectivity index (χ1n) is 9.44. The summed E-state index contributed by atoms with van der Waals surface area (Å²) in [5, 5.41) is 2.65. The van der Waals surface area contributed by atoms with Gasteiger partial charge < -0.3 is 10.2 Å². The van der Waals surface area contributed by atoms with Gasteiger partial charge in [0.15, 0.2) is 8.87 Å². The number of rotatable bonds is 7. The Bertz CT molecular complexity index is 1120. The first kappa shape index (κ1) is 21.9. The molecule has 0 aromatic heterocycles. The quantitative estimate of drug-likeness (QED) is 0.405. The van der Waals surface area contributed by atoms with Gasteiger partial charge in [0.25, 0.3) is 0 Å². The molecule has 2 aromatic rings. The topological polar surface area (TPSA) is 83.5 Å². The Kier molecular flexibility index (Phi) is 7.19. The Morgan fingerprint density at radius 1 is 1.03 bits per heavy atom. The highest BCUT2D eigenvalue weighted by molar-refractivity contribution is 8.71. The van der Waals surface area contributed by atoms with Crippen molar-refractivity contribution in [3.63, 3.8) is 0 Å². The maximum atomic E-state index is 13.0. The predicted molar refractivity (Wildman–Crippen MR) is 120 cm³/mol. The minimum absolute atomic E-state index is 0.0361. The maximum absolute atomic E-state index is 13.0. The molecule has 156 valence electrons. The minimum atomic E-state index is -3.13. The van der Waals surface area contributed by atoms with Crippen LogP contribution in [0.15, 0.2) is 48.5 Å². The first-order chi connectivity index (χ1) is 14.3. The van der Waals surface area contributed by atoms with Crippen molar-refractivity contribution in [2.24, 2.45) is 0 Å². The van der Waals surface area contributed by atoms with Crippen LogP contribution in [0.5, 0.6) is 0 Å². The molecule has 0 radical (unpaired) electrons. The Labute approximate surface area is 180 Å². The summed E-state index contributed by atoms with van der Waals surface area (Å²) in [4.78, 5) is 26.7. The van der Waals surface area contributed by atoms with Crippen molar-refractivity contribution in [2.45, 2.75) is 19.4 Å². The summed E-state index contributed by atoms with van der Waals surface area (Å²) in [6.45, 7) is 0.619. The van der Waals surface area contributed by atoms with E-state index in [2.05, 4.69) is 17.2 Å². The SMILES string of the molecule is CS(=O)(=O)SCCNC(=O)CCC(=O)N1Cc2ccccc2C#Cc2ccccc21. The van der Waals surface area contributed by atoms with Crippen LogP contribution in [-0.2, 0) is 25.0 Å². The van der Waals surface area contributed by atoms with Crippen LogP contribution < -0.4 is 10.2 Å². The van der Waals surface area contributed by atoms with Gasteiger partial charge in [0.2, 0.25) is 11.8 Å². The van der Waals surface area contributed by atoms with Crippen LogP contribution in [0.3, 0.4) is 0 Å². The average Bonchev–Trinajstić information content (AvgIpc) is 2.70. The minimum Gasteiger partial charge on any atom is -0.355 e. The van der Waals surface area contributed by atoms with Gasteiger partial charge in [-0.15, -0.1) is 0 Å². The number of nitrogens with zero attached hydrogens (tertiary/aromatic N) is 1. The maximum Gasteiger partial charge on any atom is 0.227 e. The fourth-order valence-electron chi connectivity index (χ4n) is 3.03. The van der Waals surface area contributed by atoms with Gasteiger partial charge in [-0.25, -0.2) is 8.42 Å². The summed E-state index contributed by atoms with van der Waals surface area (Å²) in [5.41, 5.74) is 3.33. The molecular formula is C22H22N2O4S2. The van der Waals surface area contributed by atoms with Crippen molar-refractivity contribution in [2.75, 3.05) is 23.5 Å². The molecule has 0 aliphatic carbocycles. The van der Waals surface area contributed by atoms with Crippen LogP contribution >= 0.6 is 10.8 Å². The summed E-state index contributed by atoms with van der Waals surface area (Å²) in [5.74, 6) is 6.14. The van der Waals surface area contributed by atoms with Gasteiger partial charge in [0.05, 0.1) is 12.2 Å². The number of fused-ring (bicyclic) bond motifs is 2. The molecule has 0 atom stereocenters. The predicted octanol–water partition coefficient (Wildman–Crippen LogP) is 2.52. The number of hydrogen-bond donors (Lipinski definition) is 1. The van der Waals surface area contributed by atoms with E-state index in [1.54, 1.807) is 4.90 Å². The van der Waals surface area contributed by atoms with Crippen molar-refractivity contribution in [1.29, 1.82) is 0 Å². The highest BCUT2D eigenvalue weighted by Crippen LogP contribution is 2.26. The first-order valence-corrected chi connectivity index (χ1v) is 12.8. The lowest BCUT2D eigenvalue weighted by Crippen LogP contribution is -2.33. The number of para-hydroxylation sites is 1. The highest BCUT2D eigenvalue weighted by atomic mass is 33.1. The molecule has 1 N–H and O–H groups in total. The smallest absolute Gasteiger partial charge is 0.227 e. The van der Waals surface area contributed by atoms with Crippen LogP contribution in [0.25, 0.3) is 0 Å². The molecule has 2 amide bonds. The van der Waals surface area contributed by atoms with E-state index >= 15 is 0 Å². The van der Waals surface area contributed by atoms with E-state index in [1.165, 1.54) is 0 Å². The van der Waals surface area contributed by atoms with E-state index < -0.39 is 8.87 Å². The molecule has 0 fully saturated rings. The van der Waals surface area contributed by atoms with E-state index in [0.29, 0.717) is 6.54 Å². The van der Waals surface area contributed by atoms with E-state index in [0.717, 1.165) is 39.4 Å². The van der Waals surface area contributed by atoms with Gasteiger partial charge in [-0.1, -0.05) is 42.2 Å². The Morgan fingerprint density at radius 3 is 2.47 bits per heavy atom. The van der Waals surface area contributed by atoms with E-state index in [9.17, 15) is 18.0 Å². The summed E-state index contributed by atoms with van der Waals surface area (Å²) in [7, 11) is -2.35. The lowest BCUT2D eigenvalue weighted by atomic mass is 10.0. The lowest BCUT2D eigenvalue weighted by molar-refractivity contribution is -0.125. The molecule has 8 heteroatoms. The van der Waals surface area contributed by atoms with Crippen LogP contribution in [0.2, 0.25) is 0 Å². The standard InChI is InChI=1S/C22H22N2O4S2/c1-30(27,28)29-15-14-23-21(25)12-13-22(26)24-16-19-8-3-2-6-17(19)10-11-18-7-4-5-9-20(18)24/h2-9H,12-16H2,1H3,(H,23,25). The van der Waals surface area contributed by atoms with Crippen molar-refractivity contribution in [3.05, 3.63) is 65.2 Å². The molecule has 0 saturated heterocycles. The molecule has 6 nitrogen and oxygen atoms in total. The largest absolute Gasteiger partial charge is 0.355 e. The molecule has 0 bridgehead atoms. The van der Waals surface area contributed by atoms with Gasteiger partial charge in [-0.3, -0.25) is 9.59 Å². The second-order valence-electron chi connectivity index (χ2n) is 6.78. The van der Waals surface area contributed by atoms with Crippen molar-refractivity contribution in [1.82, 2.24) is 5.32 Å².